The maximum Gasteiger partial charge on any atom is 0.271 e. The quantitative estimate of drug-likeness (QED) is 0.372. The van der Waals surface area contributed by atoms with Crippen molar-refractivity contribution in [1.29, 1.82) is 0 Å². The molecule has 8 heteroatoms. The second-order valence-electron chi connectivity index (χ2n) is 3.85. The summed E-state index contributed by atoms with van der Waals surface area (Å²) in [6.45, 7) is 0. The molecule has 20 heavy (non-hydrogen) atoms. The largest absolute Gasteiger partial charge is 0.369 e. The minimum Gasteiger partial charge on any atom is -0.369 e. The highest BCUT2D eigenvalue weighted by Gasteiger charge is 2.08. The molecule has 0 saturated heterocycles. The zero-order chi connectivity index (χ0) is 14.5. The topological polar surface area (TPSA) is 125 Å². The van der Waals surface area contributed by atoms with Crippen LogP contribution in [0.3, 0.4) is 0 Å². The molecule has 1 aromatic carbocycles. The van der Waals surface area contributed by atoms with Gasteiger partial charge >= 0.3 is 0 Å². The van der Waals surface area contributed by atoms with Gasteiger partial charge in [-0.05, 0) is 18.2 Å². The van der Waals surface area contributed by atoms with Crippen molar-refractivity contribution in [3.8, 4) is 5.69 Å². The summed E-state index contributed by atoms with van der Waals surface area (Å²) in [7, 11) is 0. The van der Waals surface area contributed by atoms with E-state index in [1.54, 1.807) is 35.0 Å². The molecule has 0 saturated carbocycles. The van der Waals surface area contributed by atoms with Crippen LogP contribution >= 0.6 is 0 Å². The van der Waals surface area contributed by atoms with Gasteiger partial charge in [-0.15, -0.1) is 5.10 Å². The van der Waals surface area contributed by atoms with E-state index < -0.39 is 4.92 Å². The van der Waals surface area contributed by atoms with Gasteiger partial charge in [-0.3, -0.25) is 10.1 Å². The molecule has 0 radical (unpaired) electrons. The van der Waals surface area contributed by atoms with Gasteiger partial charge in [0.05, 0.1) is 22.5 Å². The Labute approximate surface area is 114 Å². The van der Waals surface area contributed by atoms with Gasteiger partial charge in [0.25, 0.3) is 5.69 Å². The first kappa shape index (κ1) is 13.3. The molecule has 0 amide bonds. The Morgan fingerprint density at radius 1 is 1.30 bits per heavy atom. The van der Waals surface area contributed by atoms with Gasteiger partial charge in [0.2, 0.25) is 5.96 Å². The highest BCUT2D eigenvalue weighted by Crippen LogP contribution is 2.18. The van der Waals surface area contributed by atoms with E-state index in [4.69, 9.17) is 11.5 Å². The summed E-state index contributed by atoms with van der Waals surface area (Å²) in [5.41, 5.74) is 11.7. The second-order valence-corrected chi connectivity index (χ2v) is 3.85. The van der Waals surface area contributed by atoms with Crippen LogP contribution in [0.2, 0.25) is 0 Å². The number of aromatic nitrogens is 1. The Hall–Kier alpha value is -3.16. The first-order valence-corrected chi connectivity index (χ1v) is 5.62. The number of nitro groups is 1. The third-order valence-corrected chi connectivity index (χ3v) is 2.46. The molecule has 0 unspecified atom stereocenters. The van der Waals surface area contributed by atoms with E-state index in [-0.39, 0.29) is 11.6 Å². The van der Waals surface area contributed by atoms with Gasteiger partial charge < -0.3 is 16.0 Å². The Morgan fingerprint density at radius 3 is 2.80 bits per heavy atom. The van der Waals surface area contributed by atoms with Crippen molar-refractivity contribution in [2.45, 2.75) is 0 Å². The predicted octanol–water partition coefficient (Wildman–Crippen LogP) is 0.993. The molecule has 1 heterocycles. The third-order valence-electron chi connectivity index (χ3n) is 2.46. The molecular formula is C12H12N6O2. The maximum atomic E-state index is 10.8. The summed E-state index contributed by atoms with van der Waals surface area (Å²) in [4.78, 5) is 10.3. The van der Waals surface area contributed by atoms with Crippen LogP contribution in [0.25, 0.3) is 5.69 Å². The highest BCUT2D eigenvalue weighted by molar-refractivity contribution is 5.81. The highest BCUT2D eigenvalue weighted by atomic mass is 16.6. The number of rotatable bonds is 4. The molecule has 0 fully saturated rings. The summed E-state index contributed by atoms with van der Waals surface area (Å²) >= 11 is 0. The Balaban J connectivity index is 2.37. The number of hydrogen-bond acceptors (Lipinski definition) is 4. The number of hydrogen-bond donors (Lipinski definition) is 2. The summed E-state index contributed by atoms with van der Waals surface area (Å²) in [6, 6.07) is 9.84. The van der Waals surface area contributed by atoms with E-state index in [2.05, 4.69) is 10.2 Å². The molecule has 2 aromatic rings. The molecule has 2 rings (SSSR count). The average molecular weight is 272 g/mol. The number of nitrogens with two attached hydrogens (primary N) is 2. The van der Waals surface area contributed by atoms with Crippen molar-refractivity contribution in [2.75, 3.05) is 0 Å². The summed E-state index contributed by atoms with van der Waals surface area (Å²) in [6.07, 6.45) is 3.22. The van der Waals surface area contributed by atoms with Crippen molar-refractivity contribution in [1.82, 2.24) is 4.57 Å². The third kappa shape index (κ3) is 2.99. The fourth-order valence-corrected chi connectivity index (χ4v) is 1.65. The lowest BCUT2D eigenvalue weighted by atomic mass is 10.2. The van der Waals surface area contributed by atoms with Crippen molar-refractivity contribution in [2.24, 2.45) is 21.7 Å². The molecule has 0 bridgehead atoms. The second kappa shape index (κ2) is 5.65. The fraction of sp³-hybridized carbons (Fsp3) is 0. The first-order chi connectivity index (χ1) is 9.58. The van der Waals surface area contributed by atoms with Crippen molar-refractivity contribution in [3.63, 3.8) is 0 Å². The smallest absolute Gasteiger partial charge is 0.271 e. The van der Waals surface area contributed by atoms with E-state index in [0.29, 0.717) is 11.4 Å². The Morgan fingerprint density at radius 2 is 2.10 bits per heavy atom. The average Bonchev–Trinajstić information content (AvgIpc) is 2.87. The van der Waals surface area contributed by atoms with Crippen LogP contribution < -0.4 is 11.5 Å². The lowest BCUT2D eigenvalue weighted by molar-refractivity contribution is -0.384. The van der Waals surface area contributed by atoms with Gasteiger partial charge in [-0.2, -0.15) is 5.10 Å². The lowest BCUT2D eigenvalue weighted by Crippen LogP contribution is -2.21. The van der Waals surface area contributed by atoms with Crippen LogP contribution in [0.1, 0.15) is 5.69 Å². The van der Waals surface area contributed by atoms with Crippen LogP contribution in [0.15, 0.2) is 52.8 Å². The van der Waals surface area contributed by atoms with Crippen molar-refractivity contribution >= 4 is 17.9 Å². The fourth-order valence-electron chi connectivity index (χ4n) is 1.65. The molecule has 4 N–H and O–H groups in total. The summed E-state index contributed by atoms with van der Waals surface area (Å²) in [5, 5.41) is 18.0. The standard InChI is InChI=1S/C12H12N6O2/c13-12(14)16-15-8-11-5-2-6-17(11)9-3-1-4-10(7-9)18(19)20/h1-8H,(H4,13,14,16). The number of guanidine groups is 1. The summed E-state index contributed by atoms with van der Waals surface area (Å²) < 4.78 is 1.73. The van der Waals surface area contributed by atoms with Gasteiger partial charge in [-0.25, -0.2) is 0 Å². The van der Waals surface area contributed by atoms with Crippen LogP contribution in [0.4, 0.5) is 5.69 Å². The van der Waals surface area contributed by atoms with Gasteiger partial charge in [0.1, 0.15) is 0 Å². The van der Waals surface area contributed by atoms with Gasteiger partial charge in [0.15, 0.2) is 0 Å². The van der Waals surface area contributed by atoms with Gasteiger partial charge in [0, 0.05) is 18.3 Å². The number of benzene rings is 1. The van der Waals surface area contributed by atoms with Crippen molar-refractivity contribution < 1.29 is 4.92 Å². The number of nitrogens with zero attached hydrogens (tertiary/aromatic N) is 4. The predicted molar refractivity (Wildman–Crippen MR) is 75.8 cm³/mol. The van der Waals surface area contributed by atoms with E-state index in [9.17, 15) is 10.1 Å². The molecular weight excluding hydrogens is 260 g/mol. The first-order valence-electron chi connectivity index (χ1n) is 5.62. The van der Waals surface area contributed by atoms with Crippen LogP contribution in [0, 0.1) is 10.1 Å². The number of nitro benzene ring substituents is 1. The molecule has 0 aliphatic carbocycles. The minimum atomic E-state index is -0.444. The minimum absolute atomic E-state index is 0.0170. The Kier molecular flexibility index (Phi) is 3.75. The lowest BCUT2D eigenvalue weighted by Gasteiger charge is -2.05. The molecule has 0 aliphatic heterocycles. The van der Waals surface area contributed by atoms with E-state index in [0.717, 1.165) is 0 Å². The molecule has 1 aromatic heterocycles. The normalized spacial score (nSPS) is 10.6. The SMILES string of the molecule is NC(N)=NN=Cc1cccn1-c1cccc([N+](=O)[O-])c1. The number of non-ortho nitro benzene ring substituents is 1. The van der Waals surface area contributed by atoms with E-state index >= 15 is 0 Å². The van der Waals surface area contributed by atoms with Gasteiger partial charge in [-0.1, -0.05) is 6.07 Å². The molecule has 8 nitrogen and oxygen atoms in total. The van der Waals surface area contributed by atoms with Crippen LogP contribution in [-0.2, 0) is 0 Å². The monoisotopic (exact) mass is 272 g/mol. The van der Waals surface area contributed by atoms with Crippen LogP contribution in [0.5, 0.6) is 0 Å². The summed E-state index contributed by atoms with van der Waals surface area (Å²) in [5.74, 6) is -0.144. The zero-order valence-electron chi connectivity index (χ0n) is 10.4. The Bertz CT molecular complexity index is 685. The van der Waals surface area contributed by atoms with E-state index in [1.807, 2.05) is 0 Å². The van der Waals surface area contributed by atoms with Crippen LogP contribution in [-0.4, -0.2) is 21.7 Å². The van der Waals surface area contributed by atoms with Crippen molar-refractivity contribution in [3.05, 3.63) is 58.4 Å². The molecule has 0 atom stereocenters. The maximum absolute atomic E-state index is 10.8. The molecule has 0 spiro atoms. The molecule has 102 valence electrons. The van der Waals surface area contributed by atoms with E-state index in [1.165, 1.54) is 18.3 Å². The zero-order valence-corrected chi connectivity index (χ0v) is 10.4. The molecule has 0 aliphatic rings.